The zero-order valence-corrected chi connectivity index (χ0v) is 12.0. The van der Waals surface area contributed by atoms with E-state index in [1.165, 1.54) is 19.3 Å². The lowest BCUT2D eigenvalue weighted by molar-refractivity contribution is 0.318. The second kappa shape index (κ2) is 7.61. The molecule has 0 amide bonds. The molecule has 0 bridgehead atoms. The molecule has 0 aliphatic heterocycles. The van der Waals surface area contributed by atoms with E-state index in [0.717, 1.165) is 12.2 Å². The van der Waals surface area contributed by atoms with Crippen LogP contribution in [0, 0.1) is 0 Å². The number of hydrogen-bond donors (Lipinski definition) is 2. The highest BCUT2D eigenvalue weighted by Gasteiger charge is 2.11. The first kappa shape index (κ1) is 15.3. The summed E-state index contributed by atoms with van der Waals surface area (Å²) in [6.07, 6.45) is 5.40. The van der Waals surface area contributed by atoms with Crippen LogP contribution in [0.5, 0.6) is 0 Å². The van der Waals surface area contributed by atoms with Crippen molar-refractivity contribution in [3.63, 3.8) is 0 Å². The smallest absolute Gasteiger partial charge is 0.188 e. The normalized spacial score (nSPS) is 11.9. The van der Waals surface area contributed by atoms with Gasteiger partial charge >= 0.3 is 0 Å². The van der Waals surface area contributed by atoms with Crippen molar-refractivity contribution in [3.05, 3.63) is 24.0 Å². The van der Waals surface area contributed by atoms with Crippen molar-refractivity contribution in [2.24, 2.45) is 10.9 Å². The van der Waals surface area contributed by atoms with Gasteiger partial charge in [-0.1, -0.05) is 24.9 Å². The molecule has 0 saturated carbocycles. The zero-order valence-electron chi connectivity index (χ0n) is 12.0. The predicted molar refractivity (Wildman–Crippen MR) is 78.8 cm³/mol. The summed E-state index contributed by atoms with van der Waals surface area (Å²) in [6.45, 7) is 7.57. The second-order valence-electron chi connectivity index (χ2n) is 4.88. The average molecular weight is 264 g/mol. The Morgan fingerprint density at radius 2 is 2.16 bits per heavy atom. The predicted octanol–water partition coefficient (Wildman–Crippen LogP) is 2.58. The molecule has 0 fully saturated rings. The van der Waals surface area contributed by atoms with Crippen molar-refractivity contribution in [2.45, 2.75) is 46.1 Å². The Bertz CT molecular complexity index is 400. The van der Waals surface area contributed by atoms with Crippen LogP contribution in [0.4, 0.5) is 5.69 Å². The maximum atomic E-state index is 8.61. The maximum absolute atomic E-state index is 8.61. The summed E-state index contributed by atoms with van der Waals surface area (Å²) in [5.41, 5.74) is 7.06. The van der Waals surface area contributed by atoms with E-state index < -0.39 is 0 Å². The molecule has 0 aromatic carbocycles. The largest absolute Gasteiger partial charge is 0.409 e. The molecule has 0 radical (unpaired) electrons. The van der Waals surface area contributed by atoms with Gasteiger partial charge in [-0.25, -0.2) is 0 Å². The molecule has 1 heterocycles. The molecular weight excluding hydrogens is 240 g/mol. The van der Waals surface area contributed by atoms with E-state index in [4.69, 9.17) is 10.9 Å². The second-order valence-corrected chi connectivity index (χ2v) is 4.88. The van der Waals surface area contributed by atoms with Crippen LogP contribution in [0.2, 0.25) is 0 Å². The van der Waals surface area contributed by atoms with Crippen LogP contribution in [0.15, 0.2) is 23.5 Å². The summed E-state index contributed by atoms with van der Waals surface area (Å²) in [5, 5.41) is 11.6. The lowest BCUT2D eigenvalue weighted by atomic mass is 10.2. The molecule has 0 atom stereocenters. The summed E-state index contributed by atoms with van der Waals surface area (Å²) < 4.78 is 0. The van der Waals surface area contributed by atoms with E-state index in [0.29, 0.717) is 11.7 Å². The number of pyridine rings is 1. The standard InChI is InChI=1S/C14H24N4O/c1-4-5-6-9-18(11(2)3)12-7-8-13(16-10-12)14(15)17-19/h7-8,10-11,19H,4-6,9H2,1-3H3,(H2,15,17). The molecule has 106 valence electrons. The lowest BCUT2D eigenvalue weighted by Crippen LogP contribution is -2.32. The van der Waals surface area contributed by atoms with Gasteiger partial charge in [0.25, 0.3) is 0 Å². The van der Waals surface area contributed by atoms with Crippen LogP contribution in [0.25, 0.3) is 0 Å². The van der Waals surface area contributed by atoms with Crippen molar-refractivity contribution in [1.82, 2.24) is 4.98 Å². The van der Waals surface area contributed by atoms with Gasteiger partial charge < -0.3 is 15.8 Å². The van der Waals surface area contributed by atoms with Crippen LogP contribution in [0.1, 0.15) is 45.7 Å². The van der Waals surface area contributed by atoms with Gasteiger partial charge in [-0.3, -0.25) is 4.98 Å². The van der Waals surface area contributed by atoms with Gasteiger partial charge in [-0.05, 0) is 32.4 Å². The number of oxime groups is 1. The summed E-state index contributed by atoms with van der Waals surface area (Å²) in [4.78, 5) is 6.54. The molecule has 0 aliphatic carbocycles. The SMILES string of the molecule is CCCCCN(c1ccc(/C(N)=N/O)nc1)C(C)C. The molecule has 1 aromatic heterocycles. The molecule has 0 aliphatic rings. The number of unbranched alkanes of at least 4 members (excludes halogenated alkanes) is 2. The third-order valence-corrected chi connectivity index (χ3v) is 3.08. The minimum absolute atomic E-state index is 0.0358. The first-order chi connectivity index (χ1) is 9.10. The Morgan fingerprint density at radius 3 is 2.63 bits per heavy atom. The fraction of sp³-hybridized carbons (Fsp3) is 0.571. The van der Waals surface area contributed by atoms with Crippen molar-refractivity contribution in [2.75, 3.05) is 11.4 Å². The number of nitrogens with two attached hydrogens (primary N) is 1. The van der Waals surface area contributed by atoms with E-state index >= 15 is 0 Å². The van der Waals surface area contributed by atoms with Crippen molar-refractivity contribution in [1.29, 1.82) is 0 Å². The minimum Gasteiger partial charge on any atom is -0.409 e. The molecule has 5 nitrogen and oxygen atoms in total. The Labute approximate surface area is 115 Å². The van der Waals surface area contributed by atoms with Gasteiger partial charge in [0.2, 0.25) is 0 Å². The molecule has 1 aromatic rings. The van der Waals surface area contributed by atoms with E-state index in [1.54, 1.807) is 12.3 Å². The molecule has 0 saturated heterocycles. The van der Waals surface area contributed by atoms with Gasteiger partial charge in [0.15, 0.2) is 5.84 Å². The Balaban J connectivity index is 2.79. The fourth-order valence-corrected chi connectivity index (χ4v) is 1.98. The third-order valence-electron chi connectivity index (χ3n) is 3.08. The Hall–Kier alpha value is -1.78. The summed E-state index contributed by atoms with van der Waals surface area (Å²) >= 11 is 0. The van der Waals surface area contributed by atoms with Gasteiger partial charge in [-0.2, -0.15) is 0 Å². The zero-order chi connectivity index (χ0) is 14.3. The van der Waals surface area contributed by atoms with E-state index in [2.05, 4.69) is 35.8 Å². The quantitative estimate of drug-likeness (QED) is 0.261. The number of hydrogen-bond acceptors (Lipinski definition) is 4. The van der Waals surface area contributed by atoms with Crippen LogP contribution in [-0.2, 0) is 0 Å². The van der Waals surface area contributed by atoms with Crippen molar-refractivity contribution < 1.29 is 5.21 Å². The lowest BCUT2D eigenvalue weighted by Gasteiger charge is -2.28. The molecule has 3 N–H and O–H groups in total. The molecule has 0 unspecified atom stereocenters. The van der Waals surface area contributed by atoms with Gasteiger partial charge in [0, 0.05) is 12.6 Å². The average Bonchev–Trinajstić information content (AvgIpc) is 2.42. The van der Waals surface area contributed by atoms with Crippen molar-refractivity contribution >= 4 is 11.5 Å². The number of nitrogens with zero attached hydrogens (tertiary/aromatic N) is 3. The van der Waals surface area contributed by atoms with Gasteiger partial charge in [-0.15, -0.1) is 0 Å². The number of amidine groups is 1. The van der Waals surface area contributed by atoms with Crippen molar-refractivity contribution in [3.8, 4) is 0 Å². The van der Waals surface area contributed by atoms with Crippen LogP contribution < -0.4 is 10.6 Å². The Morgan fingerprint density at radius 1 is 1.42 bits per heavy atom. The van der Waals surface area contributed by atoms with Gasteiger partial charge in [0.05, 0.1) is 11.9 Å². The van der Waals surface area contributed by atoms with E-state index in [1.807, 2.05) is 6.07 Å². The number of aromatic nitrogens is 1. The third kappa shape index (κ3) is 4.43. The molecule has 19 heavy (non-hydrogen) atoms. The van der Waals surface area contributed by atoms with Crippen LogP contribution >= 0.6 is 0 Å². The summed E-state index contributed by atoms with van der Waals surface area (Å²) in [5.74, 6) is 0.0358. The number of anilines is 1. The fourth-order valence-electron chi connectivity index (χ4n) is 1.98. The number of rotatable bonds is 7. The highest BCUT2D eigenvalue weighted by atomic mass is 16.4. The monoisotopic (exact) mass is 264 g/mol. The highest BCUT2D eigenvalue weighted by Crippen LogP contribution is 2.17. The minimum atomic E-state index is 0.0358. The molecule has 5 heteroatoms. The topological polar surface area (TPSA) is 74.7 Å². The molecular formula is C14H24N4O. The van der Waals surface area contributed by atoms with Crippen LogP contribution in [-0.4, -0.2) is 28.6 Å². The highest BCUT2D eigenvalue weighted by molar-refractivity contribution is 5.95. The van der Waals surface area contributed by atoms with Gasteiger partial charge in [0.1, 0.15) is 5.69 Å². The first-order valence-corrected chi connectivity index (χ1v) is 6.80. The first-order valence-electron chi connectivity index (χ1n) is 6.80. The maximum Gasteiger partial charge on any atom is 0.188 e. The molecule has 0 spiro atoms. The van der Waals surface area contributed by atoms with E-state index in [-0.39, 0.29) is 5.84 Å². The Kier molecular flexibility index (Phi) is 6.12. The van der Waals surface area contributed by atoms with Crippen LogP contribution in [0.3, 0.4) is 0 Å². The summed E-state index contributed by atoms with van der Waals surface area (Å²) in [7, 11) is 0. The molecule has 1 rings (SSSR count). The summed E-state index contributed by atoms with van der Waals surface area (Å²) in [6, 6.07) is 4.17. The van der Waals surface area contributed by atoms with E-state index in [9.17, 15) is 0 Å².